The van der Waals surface area contributed by atoms with E-state index in [0.29, 0.717) is 24.5 Å². The summed E-state index contributed by atoms with van der Waals surface area (Å²) in [4.78, 5) is 18.1. The lowest BCUT2D eigenvalue weighted by Crippen LogP contribution is -2.30. The minimum Gasteiger partial charge on any atom is -0.343 e. The number of aromatic nitrogens is 4. The van der Waals surface area contributed by atoms with Gasteiger partial charge in [-0.15, -0.1) is 0 Å². The van der Waals surface area contributed by atoms with Gasteiger partial charge in [0.05, 0.1) is 5.69 Å². The summed E-state index contributed by atoms with van der Waals surface area (Å²) in [5, 5.41) is 8.16. The first-order valence-electron chi connectivity index (χ1n) is 7.25. The number of aryl methyl sites for hydroxylation is 1. The van der Waals surface area contributed by atoms with Crippen molar-refractivity contribution in [3.05, 3.63) is 54.3 Å². The van der Waals surface area contributed by atoms with Crippen LogP contribution in [0.15, 0.2) is 47.3 Å². The molecule has 2 heterocycles. The highest BCUT2D eigenvalue weighted by Gasteiger charge is 2.18. The molecule has 0 unspecified atom stereocenters. The molecule has 0 saturated carbocycles. The third-order valence-corrected chi connectivity index (χ3v) is 3.59. The van der Waals surface area contributed by atoms with E-state index in [1.165, 1.54) is 6.39 Å². The Balaban J connectivity index is 1.73. The fourth-order valence-corrected chi connectivity index (χ4v) is 2.28. The van der Waals surface area contributed by atoms with Crippen LogP contribution in [-0.2, 0) is 13.5 Å². The second-order valence-corrected chi connectivity index (χ2v) is 5.23. The van der Waals surface area contributed by atoms with Crippen LogP contribution in [0.3, 0.4) is 0 Å². The smallest absolute Gasteiger partial charge is 0.271 e. The highest BCUT2D eigenvalue weighted by atomic mass is 16.5. The van der Waals surface area contributed by atoms with Gasteiger partial charge in [-0.25, -0.2) is 0 Å². The van der Waals surface area contributed by atoms with Crippen molar-refractivity contribution >= 4 is 5.91 Å². The maximum absolute atomic E-state index is 12.6. The summed E-state index contributed by atoms with van der Waals surface area (Å²) < 4.78 is 6.29. The number of likely N-dealkylation sites (N-methyl/N-ethyl adjacent to an activating group) is 1. The van der Waals surface area contributed by atoms with Gasteiger partial charge in [-0.2, -0.15) is 10.1 Å². The third kappa shape index (κ3) is 3.28. The highest BCUT2D eigenvalue weighted by Crippen LogP contribution is 2.19. The first-order valence-corrected chi connectivity index (χ1v) is 7.25. The molecule has 0 N–H and O–H groups in total. The number of carbonyl (C=O) groups excluding carboxylic acids is 1. The van der Waals surface area contributed by atoms with Crippen molar-refractivity contribution in [2.45, 2.75) is 6.42 Å². The summed E-state index contributed by atoms with van der Waals surface area (Å²) in [5.74, 6) is 0.491. The maximum atomic E-state index is 12.6. The van der Waals surface area contributed by atoms with Gasteiger partial charge >= 0.3 is 0 Å². The standard InChI is InChI=1S/C16H17N5O2/c1-20(9-8-15-17-11-23-19-15)16(22)14-10-13(18-21(14)2)12-6-4-3-5-7-12/h3-7,10-11H,8-9H2,1-2H3. The summed E-state index contributed by atoms with van der Waals surface area (Å²) in [7, 11) is 3.52. The number of rotatable bonds is 5. The Labute approximate surface area is 133 Å². The average molecular weight is 311 g/mol. The molecule has 7 nitrogen and oxygen atoms in total. The fourth-order valence-electron chi connectivity index (χ4n) is 2.28. The van der Waals surface area contributed by atoms with Crippen LogP contribution in [0.25, 0.3) is 11.3 Å². The van der Waals surface area contributed by atoms with E-state index in [9.17, 15) is 4.79 Å². The third-order valence-electron chi connectivity index (χ3n) is 3.59. The van der Waals surface area contributed by atoms with Crippen LogP contribution in [0.5, 0.6) is 0 Å². The van der Waals surface area contributed by atoms with E-state index in [1.54, 1.807) is 23.7 Å². The Morgan fingerprint density at radius 3 is 2.78 bits per heavy atom. The van der Waals surface area contributed by atoms with E-state index in [-0.39, 0.29) is 5.91 Å². The van der Waals surface area contributed by atoms with Crippen LogP contribution in [0.4, 0.5) is 0 Å². The van der Waals surface area contributed by atoms with Gasteiger partial charge in [0.2, 0.25) is 6.39 Å². The van der Waals surface area contributed by atoms with E-state index in [0.717, 1.165) is 11.3 Å². The quantitative estimate of drug-likeness (QED) is 0.718. The van der Waals surface area contributed by atoms with E-state index in [1.807, 2.05) is 36.4 Å². The Morgan fingerprint density at radius 2 is 2.09 bits per heavy atom. The zero-order valence-electron chi connectivity index (χ0n) is 13.0. The van der Waals surface area contributed by atoms with Crippen molar-refractivity contribution in [1.82, 2.24) is 24.8 Å². The van der Waals surface area contributed by atoms with Gasteiger partial charge in [-0.3, -0.25) is 9.48 Å². The predicted octanol–water partition coefficient (Wildman–Crippen LogP) is 1.78. The molecule has 0 aliphatic heterocycles. The molecule has 0 aliphatic rings. The molecular weight excluding hydrogens is 294 g/mol. The number of hydrogen-bond donors (Lipinski definition) is 0. The van der Waals surface area contributed by atoms with Crippen molar-refractivity contribution in [3.63, 3.8) is 0 Å². The first kappa shape index (κ1) is 15.0. The second kappa shape index (κ2) is 6.43. The minimum absolute atomic E-state index is 0.0920. The lowest BCUT2D eigenvalue weighted by Gasteiger charge is -2.15. The van der Waals surface area contributed by atoms with Crippen LogP contribution in [-0.4, -0.2) is 44.3 Å². The van der Waals surface area contributed by atoms with Crippen molar-refractivity contribution < 1.29 is 9.32 Å². The molecule has 0 aliphatic carbocycles. The fraction of sp³-hybridized carbons (Fsp3) is 0.250. The van der Waals surface area contributed by atoms with Crippen molar-refractivity contribution in [1.29, 1.82) is 0 Å². The molecule has 0 fully saturated rings. The highest BCUT2D eigenvalue weighted by molar-refractivity contribution is 5.93. The molecule has 0 bridgehead atoms. The largest absolute Gasteiger partial charge is 0.343 e. The van der Waals surface area contributed by atoms with Gasteiger partial charge in [0, 0.05) is 32.6 Å². The lowest BCUT2D eigenvalue weighted by molar-refractivity contribution is 0.0785. The minimum atomic E-state index is -0.0920. The molecule has 1 amide bonds. The molecular formula is C16H17N5O2. The Bertz CT molecular complexity index is 780. The molecule has 0 atom stereocenters. The normalized spacial score (nSPS) is 10.7. The van der Waals surface area contributed by atoms with E-state index in [2.05, 4.69) is 19.8 Å². The number of carbonyl (C=O) groups is 1. The molecule has 7 heteroatoms. The van der Waals surface area contributed by atoms with Gasteiger partial charge in [0.1, 0.15) is 5.69 Å². The van der Waals surface area contributed by atoms with Crippen LogP contribution >= 0.6 is 0 Å². The first-order chi connectivity index (χ1) is 11.1. The van der Waals surface area contributed by atoms with Gasteiger partial charge in [0.15, 0.2) is 5.82 Å². The van der Waals surface area contributed by atoms with E-state index < -0.39 is 0 Å². The number of amides is 1. The van der Waals surface area contributed by atoms with Crippen LogP contribution in [0, 0.1) is 0 Å². The molecule has 0 spiro atoms. The van der Waals surface area contributed by atoms with Gasteiger partial charge < -0.3 is 9.42 Å². The lowest BCUT2D eigenvalue weighted by atomic mass is 10.1. The summed E-state index contributed by atoms with van der Waals surface area (Å²) >= 11 is 0. The summed E-state index contributed by atoms with van der Waals surface area (Å²) in [6, 6.07) is 11.6. The molecule has 118 valence electrons. The zero-order chi connectivity index (χ0) is 16.2. The summed E-state index contributed by atoms with van der Waals surface area (Å²) in [5.41, 5.74) is 2.30. The molecule has 0 saturated heterocycles. The van der Waals surface area contributed by atoms with Crippen LogP contribution < -0.4 is 0 Å². The Morgan fingerprint density at radius 1 is 1.30 bits per heavy atom. The number of benzene rings is 1. The molecule has 3 aromatic rings. The number of nitrogens with zero attached hydrogens (tertiary/aromatic N) is 5. The molecule has 23 heavy (non-hydrogen) atoms. The zero-order valence-corrected chi connectivity index (χ0v) is 13.0. The molecule has 1 aromatic carbocycles. The average Bonchev–Trinajstić information content (AvgIpc) is 3.22. The van der Waals surface area contributed by atoms with Crippen molar-refractivity contribution in [2.75, 3.05) is 13.6 Å². The van der Waals surface area contributed by atoms with Gasteiger partial charge in [-0.1, -0.05) is 35.5 Å². The monoisotopic (exact) mass is 311 g/mol. The topological polar surface area (TPSA) is 77.1 Å². The summed E-state index contributed by atoms with van der Waals surface area (Å²) in [6.45, 7) is 0.504. The molecule has 3 rings (SSSR count). The second-order valence-electron chi connectivity index (χ2n) is 5.23. The maximum Gasteiger partial charge on any atom is 0.271 e. The van der Waals surface area contributed by atoms with Crippen molar-refractivity contribution in [2.24, 2.45) is 7.05 Å². The number of hydrogen-bond acceptors (Lipinski definition) is 5. The van der Waals surface area contributed by atoms with Gasteiger partial charge in [0.25, 0.3) is 5.91 Å². The Kier molecular flexibility index (Phi) is 4.18. The van der Waals surface area contributed by atoms with Crippen LogP contribution in [0.1, 0.15) is 16.3 Å². The van der Waals surface area contributed by atoms with Crippen LogP contribution in [0.2, 0.25) is 0 Å². The summed E-state index contributed by atoms with van der Waals surface area (Å²) in [6.07, 6.45) is 1.83. The molecule has 2 aromatic heterocycles. The predicted molar refractivity (Wildman–Crippen MR) is 83.6 cm³/mol. The SMILES string of the molecule is CN(CCc1ncon1)C(=O)c1cc(-c2ccccc2)nn1C. The van der Waals surface area contributed by atoms with E-state index >= 15 is 0 Å². The Hall–Kier alpha value is -2.96. The molecule has 0 radical (unpaired) electrons. The van der Waals surface area contributed by atoms with Gasteiger partial charge in [-0.05, 0) is 6.07 Å². The van der Waals surface area contributed by atoms with E-state index in [4.69, 9.17) is 0 Å². The van der Waals surface area contributed by atoms with Crippen molar-refractivity contribution in [3.8, 4) is 11.3 Å².